The minimum Gasteiger partial charge on any atom is -0.331 e. The van der Waals surface area contributed by atoms with Gasteiger partial charge >= 0.3 is 6.03 Å². The molecule has 2 aromatic rings. The lowest BCUT2D eigenvalue weighted by Gasteiger charge is -2.16. The van der Waals surface area contributed by atoms with Crippen molar-refractivity contribution in [1.82, 2.24) is 10.6 Å². The summed E-state index contributed by atoms with van der Waals surface area (Å²) in [5.41, 5.74) is 6.45. The summed E-state index contributed by atoms with van der Waals surface area (Å²) in [7, 11) is 0. The number of urea groups is 1. The number of aryl methyl sites for hydroxylation is 4. The molecular weight excluding hydrogens is 326 g/mol. The van der Waals surface area contributed by atoms with Gasteiger partial charge in [0.25, 0.3) is 0 Å². The van der Waals surface area contributed by atoms with Crippen LogP contribution in [0.3, 0.4) is 0 Å². The Morgan fingerprint density at radius 2 is 1.77 bits per heavy atom. The zero-order valence-electron chi connectivity index (χ0n) is 15.5. The van der Waals surface area contributed by atoms with Crippen molar-refractivity contribution in [3.8, 4) is 0 Å². The SMILES string of the molecule is Cc1cc(C)c(NC(=O)CNC(=O)NC2CCc3ccccc32)c(C)c1. The van der Waals surface area contributed by atoms with Crippen molar-refractivity contribution < 1.29 is 9.59 Å². The van der Waals surface area contributed by atoms with Crippen molar-refractivity contribution in [2.45, 2.75) is 39.7 Å². The normalized spacial score (nSPS) is 15.3. The van der Waals surface area contributed by atoms with E-state index >= 15 is 0 Å². The van der Waals surface area contributed by atoms with E-state index in [0.29, 0.717) is 0 Å². The fourth-order valence-corrected chi connectivity index (χ4v) is 3.64. The third kappa shape index (κ3) is 4.04. The zero-order valence-corrected chi connectivity index (χ0v) is 15.5. The molecule has 0 spiro atoms. The van der Waals surface area contributed by atoms with Crippen LogP contribution in [0.25, 0.3) is 0 Å². The fraction of sp³-hybridized carbons (Fsp3) is 0.333. The number of anilines is 1. The molecule has 5 nitrogen and oxygen atoms in total. The highest BCUT2D eigenvalue weighted by Crippen LogP contribution is 2.30. The molecule has 0 saturated heterocycles. The maximum absolute atomic E-state index is 12.2. The largest absolute Gasteiger partial charge is 0.331 e. The average Bonchev–Trinajstić information content (AvgIpc) is 2.99. The van der Waals surface area contributed by atoms with Crippen LogP contribution in [0.15, 0.2) is 36.4 Å². The highest BCUT2D eigenvalue weighted by molar-refractivity contribution is 5.95. The number of nitrogens with one attached hydrogen (secondary N) is 3. The lowest BCUT2D eigenvalue weighted by molar-refractivity contribution is -0.115. The Hall–Kier alpha value is -2.82. The van der Waals surface area contributed by atoms with Crippen LogP contribution >= 0.6 is 0 Å². The van der Waals surface area contributed by atoms with Crippen molar-refractivity contribution >= 4 is 17.6 Å². The van der Waals surface area contributed by atoms with Crippen LogP contribution in [0.5, 0.6) is 0 Å². The van der Waals surface area contributed by atoms with Crippen LogP contribution in [0, 0.1) is 20.8 Å². The summed E-state index contributed by atoms with van der Waals surface area (Å²) in [6, 6.07) is 11.9. The molecule has 0 saturated carbocycles. The molecular formula is C21H25N3O2. The number of amides is 3. The molecule has 3 amide bonds. The van der Waals surface area contributed by atoms with Gasteiger partial charge < -0.3 is 16.0 Å². The molecule has 0 aromatic heterocycles. The summed E-state index contributed by atoms with van der Waals surface area (Å²) in [5, 5.41) is 8.49. The Bertz CT molecular complexity index is 822. The number of carbonyl (C=O) groups excluding carboxylic acids is 2. The number of rotatable bonds is 4. The Morgan fingerprint density at radius 1 is 1.08 bits per heavy atom. The van der Waals surface area contributed by atoms with Gasteiger partial charge in [-0.3, -0.25) is 4.79 Å². The van der Waals surface area contributed by atoms with Gasteiger partial charge in [-0.15, -0.1) is 0 Å². The first-order valence-electron chi connectivity index (χ1n) is 8.94. The van der Waals surface area contributed by atoms with E-state index in [-0.39, 0.29) is 24.5 Å². The van der Waals surface area contributed by atoms with Gasteiger partial charge in [0.1, 0.15) is 0 Å². The first-order chi connectivity index (χ1) is 12.4. The lowest BCUT2D eigenvalue weighted by Crippen LogP contribution is -2.41. The maximum atomic E-state index is 12.2. The van der Waals surface area contributed by atoms with E-state index in [1.807, 2.05) is 51.1 Å². The molecule has 0 heterocycles. The Labute approximate surface area is 154 Å². The van der Waals surface area contributed by atoms with Crippen LogP contribution in [-0.4, -0.2) is 18.5 Å². The molecule has 3 N–H and O–H groups in total. The van der Waals surface area contributed by atoms with Crippen LogP contribution in [-0.2, 0) is 11.2 Å². The van der Waals surface area contributed by atoms with E-state index in [0.717, 1.165) is 40.8 Å². The van der Waals surface area contributed by atoms with Gasteiger partial charge in [-0.05, 0) is 55.9 Å². The maximum Gasteiger partial charge on any atom is 0.315 e. The summed E-state index contributed by atoms with van der Waals surface area (Å²) in [6.07, 6.45) is 1.86. The molecule has 136 valence electrons. The highest BCUT2D eigenvalue weighted by atomic mass is 16.2. The number of benzene rings is 2. The number of fused-ring (bicyclic) bond motifs is 1. The van der Waals surface area contributed by atoms with E-state index in [1.54, 1.807) is 0 Å². The molecule has 0 radical (unpaired) electrons. The Balaban J connectivity index is 1.52. The molecule has 0 fully saturated rings. The predicted octanol–water partition coefficient (Wildman–Crippen LogP) is 3.54. The third-order valence-corrected chi connectivity index (χ3v) is 4.79. The molecule has 3 rings (SSSR count). The second-order valence-electron chi connectivity index (χ2n) is 6.94. The van der Waals surface area contributed by atoms with Crippen molar-refractivity contribution in [2.75, 3.05) is 11.9 Å². The lowest BCUT2D eigenvalue weighted by atomic mass is 10.1. The summed E-state index contributed by atoms with van der Waals surface area (Å²) in [6.45, 7) is 5.90. The summed E-state index contributed by atoms with van der Waals surface area (Å²) in [5.74, 6) is -0.234. The minimum atomic E-state index is -0.320. The Kier molecular flexibility index (Phi) is 5.26. The highest BCUT2D eigenvalue weighted by Gasteiger charge is 2.23. The summed E-state index contributed by atoms with van der Waals surface area (Å²) < 4.78 is 0. The van der Waals surface area contributed by atoms with Crippen LogP contribution in [0.2, 0.25) is 0 Å². The predicted molar refractivity (Wildman–Crippen MR) is 103 cm³/mol. The van der Waals surface area contributed by atoms with E-state index < -0.39 is 0 Å². The van der Waals surface area contributed by atoms with E-state index in [4.69, 9.17) is 0 Å². The van der Waals surface area contributed by atoms with Gasteiger partial charge in [-0.2, -0.15) is 0 Å². The quantitative estimate of drug-likeness (QED) is 0.788. The molecule has 2 aromatic carbocycles. The monoisotopic (exact) mass is 351 g/mol. The van der Waals surface area contributed by atoms with Crippen LogP contribution < -0.4 is 16.0 Å². The molecule has 1 atom stereocenters. The van der Waals surface area contributed by atoms with Crippen molar-refractivity contribution in [3.05, 3.63) is 64.2 Å². The second kappa shape index (κ2) is 7.60. The van der Waals surface area contributed by atoms with E-state index in [9.17, 15) is 9.59 Å². The van der Waals surface area contributed by atoms with Gasteiger partial charge in [0, 0.05) is 5.69 Å². The van der Waals surface area contributed by atoms with E-state index in [1.165, 1.54) is 5.56 Å². The standard InChI is InChI=1S/C21H25N3O2/c1-13-10-14(2)20(15(3)11-13)24-19(25)12-22-21(26)23-18-9-8-16-6-4-5-7-17(16)18/h4-7,10-11,18H,8-9,12H2,1-3H3,(H,24,25)(H2,22,23,26). The molecule has 1 aliphatic carbocycles. The minimum absolute atomic E-state index is 0.0100. The summed E-state index contributed by atoms with van der Waals surface area (Å²) in [4.78, 5) is 24.3. The van der Waals surface area contributed by atoms with Gasteiger partial charge in [0.15, 0.2) is 0 Å². The van der Waals surface area contributed by atoms with Crippen LogP contribution in [0.1, 0.15) is 40.3 Å². The number of hydrogen-bond acceptors (Lipinski definition) is 2. The smallest absolute Gasteiger partial charge is 0.315 e. The molecule has 1 unspecified atom stereocenters. The first kappa shape index (κ1) is 18.0. The topological polar surface area (TPSA) is 70.2 Å². The van der Waals surface area contributed by atoms with Gasteiger partial charge in [-0.25, -0.2) is 4.79 Å². The van der Waals surface area contributed by atoms with Gasteiger partial charge in [0.05, 0.1) is 12.6 Å². The molecule has 0 bridgehead atoms. The van der Waals surface area contributed by atoms with Crippen molar-refractivity contribution in [1.29, 1.82) is 0 Å². The van der Waals surface area contributed by atoms with Crippen LogP contribution in [0.4, 0.5) is 10.5 Å². The average molecular weight is 351 g/mol. The third-order valence-electron chi connectivity index (χ3n) is 4.79. The molecule has 26 heavy (non-hydrogen) atoms. The number of carbonyl (C=O) groups is 2. The first-order valence-corrected chi connectivity index (χ1v) is 8.94. The zero-order chi connectivity index (χ0) is 18.7. The summed E-state index contributed by atoms with van der Waals surface area (Å²) >= 11 is 0. The Morgan fingerprint density at radius 3 is 2.50 bits per heavy atom. The molecule has 1 aliphatic rings. The van der Waals surface area contributed by atoms with Gasteiger partial charge in [-0.1, -0.05) is 42.0 Å². The van der Waals surface area contributed by atoms with Crippen molar-refractivity contribution in [3.63, 3.8) is 0 Å². The second-order valence-corrected chi connectivity index (χ2v) is 6.94. The molecule has 0 aliphatic heterocycles. The number of hydrogen-bond donors (Lipinski definition) is 3. The van der Waals surface area contributed by atoms with Crippen molar-refractivity contribution in [2.24, 2.45) is 0 Å². The van der Waals surface area contributed by atoms with Gasteiger partial charge in [0.2, 0.25) is 5.91 Å². The fourth-order valence-electron chi connectivity index (χ4n) is 3.64. The molecule has 5 heteroatoms. The van der Waals surface area contributed by atoms with E-state index in [2.05, 4.69) is 22.0 Å².